The van der Waals surface area contributed by atoms with E-state index in [-0.39, 0.29) is 14.9 Å². The number of aromatic nitrogens is 2. The molecule has 0 atom stereocenters. The number of carboxylic acids is 1. The second-order valence-electron chi connectivity index (χ2n) is 4.66. The Morgan fingerprint density at radius 3 is 2.71 bits per heavy atom. The van der Waals surface area contributed by atoms with Crippen LogP contribution in [0.25, 0.3) is 0 Å². The number of sulfonamides is 1. The predicted molar refractivity (Wildman–Crippen MR) is 80.5 cm³/mol. The molecule has 2 aromatic heterocycles. The first-order valence-corrected chi connectivity index (χ1v) is 9.13. The highest BCUT2D eigenvalue weighted by Gasteiger charge is 2.21. The summed E-state index contributed by atoms with van der Waals surface area (Å²) >= 11 is 2.02. The third kappa shape index (κ3) is 3.99. The van der Waals surface area contributed by atoms with Crippen LogP contribution in [0.5, 0.6) is 0 Å². The molecule has 0 saturated heterocycles. The minimum atomic E-state index is -3.83. The van der Waals surface area contributed by atoms with E-state index in [0.717, 1.165) is 28.8 Å². The SMILES string of the molecule is CC(C)Cc1nnc(NS(=O)(=O)c2cc(C(=O)O)cs2)s1. The molecule has 114 valence electrons. The number of carbonyl (C=O) groups is 1. The molecule has 0 spiro atoms. The van der Waals surface area contributed by atoms with Crippen molar-refractivity contribution in [2.75, 3.05) is 4.72 Å². The van der Waals surface area contributed by atoms with Crippen LogP contribution in [0.15, 0.2) is 15.7 Å². The zero-order valence-corrected chi connectivity index (χ0v) is 13.7. The standard InChI is InChI=1S/C11H13N3O4S3/c1-6(2)3-8-12-13-11(20-8)14-21(17,18)9-4-7(5-19-9)10(15)16/h4-6H,3H2,1-2H3,(H,13,14)(H,15,16). The Kier molecular flexibility index (Phi) is 4.59. The van der Waals surface area contributed by atoms with Crippen LogP contribution in [-0.4, -0.2) is 29.7 Å². The predicted octanol–water partition coefficient (Wildman–Crippen LogP) is 2.30. The van der Waals surface area contributed by atoms with Gasteiger partial charge >= 0.3 is 5.97 Å². The molecule has 0 aliphatic carbocycles. The summed E-state index contributed by atoms with van der Waals surface area (Å²) in [4.78, 5) is 10.8. The molecule has 0 amide bonds. The summed E-state index contributed by atoms with van der Waals surface area (Å²) in [5, 5.41) is 18.7. The van der Waals surface area contributed by atoms with E-state index in [1.807, 2.05) is 13.8 Å². The molecule has 0 bridgehead atoms. The molecular formula is C11H13N3O4S3. The number of anilines is 1. The molecule has 2 aromatic rings. The number of nitrogens with one attached hydrogen (secondary N) is 1. The average molecular weight is 347 g/mol. The normalized spacial score (nSPS) is 11.8. The fourth-order valence-electron chi connectivity index (χ4n) is 1.46. The van der Waals surface area contributed by atoms with Crippen LogP contribution < -0.4 is 4.72 Å². The lowest BCUT2D eigenvalue weighted by atomic mass is 10.1. The average Bonchev–Trinajstić information content (AvgIpc) is 2.97. The van der Waals surface area contributed by atoms with Crippen molar-refractivity contribution in [3.8, 4) is 0 Å². The first-order valence-electron chi connectivity index (χ1n) is 5.95. The number of thiophene rings is 1. The summed E-state index contributed by atoms with van der Waals surface area (Å²) in [6.45, 7) is 4.06. The fourth-order valence-corrected chi connectivity index (χ4v) is 4.80. The van der Waals surface area contributed by atoms with Crippen molar-refractivity contribution in [1.82, 2.24) is 10.2 Å². The highest BCUT2D eigenvalue weighted by Crippen LogP contribution is 2.25. The lowest BCUT2D eigenvalue weighted by Crippen LogP contribution is -2.11. The number of aromatic carboxylic acids is 1. The second-order valence-corrected chi connectivity index (χ2v) is 8.55. The summed E-state index contributed by atoms with van der Waals surface area (Å²) in [5.74, 6) is -0.763. The van der Waals surface area contributed by atoms with Crippen molar-refractivity contribution < 1.29 is 18.3 Å². The van der Waals surface area contributed by atoms with Gasteiger partial charge in [0, 0.05) is 11.8 Å². The second kappa shape index (κ2) is 6.08. The highest BCUT2D eigenvalue weighted by molar-refractivity contribution is 7.94. The van der Waals surface area contributed by atoms with Gasteiger partial charge in [-0.3, -0.25) is 4.72 Å². The Morgan fingerprint density at radius 1 is 1.43 bits per heavy atom. The van der Waals surface area contributed by atoms with Crippen LogP contribution in [0, 0.1) is 5.92 Å². The van der Waals surface area contributed by atoms with Gasteiger partial charge in [0.1, 0.15) is 9.22 Å². The maximum Gasteiger partial charge on any atom is 0.336 e. The summed E-state index contributed by atoms with van der Waals surface area (Å²) in [6, 6.07) is 1.12. The van der Waals surface area contributed by atoms with Crippen molar-refractivity contribution in [3.05, 3.63) is 22.0 Å². The maximum absolute atomic E-state index is 12.1. The van der Waals surface area contributed by atoms with E-state index in [1.54, 1.807) is 0 Å². The summed E-state index contributed by atoms with van der Waals surface area (Å²) in [5.41, 5.74) is -0.0573. The van der Waals surface area contributed by atoms with Gasteiger partial charge in [-0.05, 0) is 12.0 Å². The minimum Gasteiger partial charge on any atom is -0.478 e. The van der Waals surface area contributed by atoms with E-state index in [2.05, 4.69) is 14.9 Å². The molecule has 0 saturated carbocycles. The topological polar surface area (TPSA) is 109 Å². The van der Waals surface area contributed by atoms with Crippen LogP contribution in [0.2, 0.25) is 0 Å². The van der Waals surface area contributed by atoms with Crippen molar-refractivity contribution in [2.24, 2.45) is 5.92 Å². The molecule has 0 unspecified atom stereocenters. The van der Waals surface area contributed by atoms with Gasteiger partial charge in [-0.25, -0.2) is 13.2 Å². The largest absolute Gasteiger partial charge is 0.478 e. The lowest BCUT2D eigenvalue weighted by molar-refractivity contribution is 0.0697. The molecule has 0 aliphatic rings. The van der Waals surface area contributed by atoms with E-state index in [9.17, 15) is 13.2 Å². The summed E-state index contributed by atoms with van der Waals surface area (Å²) in [7, 11) is -3.83. The Labute approximate surface area is 129 Å². The minimum absolute atomic E-state index is 0.0573. The number of nitrogens with zero attached hydrogens (tertiary/aromatic N) is 2. The summed E-state index contributed by atoms with van der Waals surface area (Å²) in [6.07, 6.45) is 0.724. The fraction of sp³-hybridized carbons (Fsp3) is 0.364. The van der Waals surface area contributed by atoms with E-state index >= 15 is 0 Å². The van der Waals surface area contributed by atoms with Gasteiger partial charge in [-0.1, -0.05) is 25.2 Å². The van der Waals surface area contributed by atoms with E-state index in [1.165, 1.54) is 16.7 Å². The first kappa shape index (κ1) is 15.9. The quantitative estimate of drug-likeness (QED) is 0.830. The molecule has 21 heavy (non-hydrogen) atoms. The molecule has 2 heterocycles. The van der Waals surface area contributed by atoms with E-state index in [0.29, 0.717) is 5.92 Å². The Hall–Kier alpha value is -1.52. The number of carboxylic acid groups (broad SMARTS) is 1. The molecule has 0 fully saturated rings. The van der Waals surface area contributed by atoms with Gasteiger partial charge in [-0.15, -0.1) is 21.5 Å². The number of hydrogen-bond donors (Lipinski definition) is 2. The lowest BCUT2D eigenvalue weighted by Gasteiger charge is -2.01. The molecule has 2 N–H and O–H groups in total. The molecule has 0 aromatic carbocycles. The van der Waals surface area contributed by atoms with E-state index in [4.69, 9.17) is 5.11 Å². The van der Waals surface area contributed by atoms with Gasteiger partial charge in [0.05, 0.1) is 5.56 Å². The van der Waals surface area contributed by atoms with Gasteiger partial charge in [0.15, 0.2) is 0 Å². The van der Waals surface area contributed by atoms with Crippen molar-refractivity contribution in [2.45, 2.75) is 24.5 Å². The Bertz CT molecular complexity index is 748. The van der Waals surface area contributed by atoms with Crippen LogP contribution in [0.4, 0.5) is 5.13 Å². The maximum atomic E-state index is 12.1. The zero-order chi connectivity index (χ0) is 15.6. The summed E-state index contributed by atoms with van der Waals surface area (Å²) < 4.78 is 26.5. The van der Waals surface area contributed by atoms with Crippen LogP contribution in [0.3, 0.4) is 0 Å². The molecule has 2 rings (SSSR count). The molecule has 0 aliphatic heterocycles. The van der Waals surface area contributed by atoms with Crippen molar-refractivity contribution in [3.63, 3.8) is 0 Å². The molecule has 7 nitrogen and oxygen atoms in total. The first-order chi connectivity index (χ1) is 9.78. The van der Waals surface area contributed by atoms with Crippen LogP contribution in [0.1, 0.15) is 29.2 Å². The Balaban J connectivity index is 2.16. The molecule has 10 heteroatoms. The third-order valence-electron chi connectivity index (χ3n) is 2.36. The number of hydrogen-bond acceptors (Lipinski definition) is 7. The monoisotopic (exact) mass is 347 g/mol. The smallest absolute Gasteiger partial charge is 0.336 e. The third-order valence-corrected chi connectivity index (χ3v) is 6.13. The van der Waals surface area contributed by atoms with E-state index < -0.39 is 16.0 Å². The van der Waals surface area contributed by atoms with Crippen LogP contribution in [-0.2, 0) is 16.4 Å². The molecule has 0 radical (unpaired) electrons. The number of rotatable bonds is 6. The van der Waals surface area contributed by atoms with Gasteiger partial charge in [0.2, 0.25) is 5.13 Å². The Morgan fingerprint density at radius 2 is 2.14 bits per heavy atom. The van der Waals surface area contributed by atoms with Crippen LogP contribution >= 0.6 is 22.7 Å². The zero-order valence-electron chi connectivity index (χ0n) is 11.2. The van der Waals surface area contributed by atoms with Crippen molar-refractivity contribution in [1.29, 1.82) is 0 Å². The van der Waals surface area contributed by atoms with Crippen molar-refractivity contribution >= 4 is 43.8 Å². The van der Waals surface area contributed by atoms with Gasteiger partial charge in [-0.2, -0.15) is 0 Å². The highest BCUT2D eigenvalue weighted by atomic mass is 32.2. The van der Waals surface area contributed by atoms with Gasteiger partial charge < -0.3 is 5.11 Å². The van der Waals surface area contributed by atoms with Gasteiger partial charge in [0.25, 0.3) is 10.0 Å². The molecular weight excluding hydrogens is 334 g/mol.